The summed E-state index contributed by atoms with van der Waals surface area (Å²) in [6, 6.07) is 29.7. The zero-order valence-corrected chi connectivity index (χ0v) is 17.7. The summed E-state index contributed by atoms with van der Waals surface area (Å²) in [4.78, 5) is 0. The molecule has 0 aliphatic carbocycles. The van der Waals surface area contributed by atoms with Crippen LogP contribution in [0.5, 0.6) is 0 Å². The second kappa shape index (κ2) is 12.8. The van der Waals surface area contributed by atoms with Crippen molar-refractivity contribution in [2.45, 2.75) is 38.1 Å². The average Bonchev–Trinajstić information content (AvgIpc) is 2.83. The summed E-state index contributed by atoms with van der Waals surface area (Å²) in [6.07, 6.45) is -0.450. The minimum absolute atomic E-state index is 0.238. The molecule has 0 saturated carbocycles. The van der Waals surface area contributed by atoms with Crippen LogP contribution < -0.4 is 0 Å². The largest absolute Gasteiger partial charge is 0.387 e. The first kappa shape index (κ1) is 22.9. The third-order valence-corrected chi connectivity index (χ3v) is 4.94. The molecule has 0 heterocycles. The molecule has 1 N–H and O–H groups in total. The van der Waals surface area contributed by atoms with E-state index in [1.807, 2.05) is 91.0 Å². The van der Waals surface area contributed by atoms with Crippen molar-refractivity contribution in [3.8, 4) is 0 Å². The fourth-order valence-electron chi connectivity index (χ4n) is 3.17. The van der Waals surface area contributed by atoms with Gasteiger partial charge in [0.25, 0.3) is 0 Å². The Morgan fingerprint density at radius 3 is 1.61 bits per heavy atom. The van der Waals surface area contributed by atoms with Gasteiger partial charge in [-0.2, -0.15) is 0 Å². The van der Waals surface area contributed by atoms with Gasteiger partial charge in [-0.05, 0) is 16.7 Å². The lowest BCUT2D eigenvalue weighted by atomic mass is 10.1. The predicted molar refractivity (Wildman–Crippen MR) is 122 cm³/mol. The van der Waals surface area contributed by atoms with E-state index >= 15 is 0 Å². The van der Waals surface area contributed by atoms with Crippen LogP contribution in [-0.4, -0.2) is 30.0 Å². The van der Waals surface area contributed by atoms with Crippen molar-refractivity contribution >= 4 is 0 Å². The van der Waals surface area contributed by atoms with Gasteiger partial charge in [0.05, 0.1) is 26.4 Å². The second-order valence-electron chi connectivity index (χ2n) is 7.32. The maximum atomic E-state index is 11.0. The molecule has 0 aliphatic heterocycles. The van der Waals surface area contributed by atoms with Crippen LogP contribution in [0.25, 0.3) is 0 Å². The molecule has 3 aromatic rings. The predicted octanol–water partition coefficient (Wildman–Crippen LogP) is 4.92. The fourth-order valence-corrected chi connectivity index (χ4v) is 3.17. The maximum Gasteiger partial charge on any atom is 0.112 e. The number of ether oxygens (including phenoxy) is 3. The number of aliphatic hydroxyl groups excluding tert-OH is 1. The van der Waals surface area contributed by atoms with Crippen LogP contribution in [0.3, 0.4) is 0 Å². The van der Waals surface area contributed by atoms with E-state index in [1.165, 1.54) is 0 Å². The van der Waals surface area contributed by atoms with Gasteiger partial charge in [-0.1, -0.05) is 97.1 Å². The fraction of sp³-hybridized carbons (Fsp3) is 0.259. The molecule has 3 rings (SSSR count). The van der Waals surface area contributed by atoms with Gasteiger partial charge in [0.15, 0.2) is 0 Å². The zero-order chi connectivity index (χ0) is 21.7. The molecular weight excluding hydrogens is 389 g/mol. The van der Waals surface area contributed by atoms with Crippen molar-refractivity contribution in [1.82, 2.24) is 0 Å². The molecule has 3 aromatic carbocycles. The molecule has 0 aromatic heterocycles. The van der Waals surface area contributed by atoms with Crippen molar-refractivity contribution in [1.29, 1.82) is 0 Å². The van der Waals surface area contributed by atoms with Gasteiger partial charge in [0.2, 0.25) is 0 Å². The molecular formula is C27H30O4. The van der Waals surface area contributed by atoms with E-state index < -0.39 is 18.3 Å². The Bertz CT molecular complexity index is 868. The Kier molecular flexibility index (Phi) is 9.48. The highest BCUT2D eigenvalue weighted by Gasteiger charge is 2.28. The summed E-state index contributed by atoms with van der Waals surface area (Å²) in [6.45, 7) is 5.28. The highest BCUT2D eigenvalue weighted by molar-refractivity contribution is 5.15. The number of aliphatic hydroxyl groups is 1. The van der Waals surface area contributed by atoms with Gasteiger partial charge in [0.1, 0.15) is 18.3 Å². The van der Waals surface area contributed by atoms with Crippen molar-refractivity contribution in [3.05, 3.63) is 120 Å². The molecule has 4 heteroatoms. The molecule has 162 valence electrons. The molecule has 0 aliphatic rings. The summed E-state index contributed by atoms with van der Waals surface area (Å²) in [5.41, 5.74) is 3.13. The first-order valence-electron chi connectivity index (χ1n) is 10.5. The standard InChI is InChI=1S/C27H30O4/c1-2-25(30-19-23-14-8-4-9-15-23)27(28)26(31-20-24-16-10-5-11-17-24)21-29-18-22-12-6-3-7-13-22/h2-17,25-28H,1,18-21H2/t25-,26-,27-/m1/s1/i1+1. The van der Waals surface area contributed by atoms with Gasteiger partial charge in [-0.3, -0.25) is 0 Å². The van der Waals surface area contributed by atoms with Crippen LogP contribution in [0.1, 0.15) is 16.7 Å². The first-order chi connectivity index (χ1) is 15.3. The Balaban J connectivity index is 1.60. The lowest BCUT2D eigenvalue weighted by Gasteiger charge is -2.28. The van der Waals surface area contributed by atoms with Gasteiger partial charge in [-0.25, -0.2) is 0 Å². The van der Waals surface area contributed by atoms with E-state index in [9.17, 15) is 5.11 Å². The Hall–Kier alpha value is -2.76. The molecule has 0 spiro atoms. The van der Waals surface area contributed by atoms with Crippen LogP contribution >= 0.6 is 0 Å². The molecule has 4 nitrogen and oxygen atoms in total. The van der Waals surface area contributed by atoms with E-state index in [4.69, 9.17) is 14.2 Å². The Labute approximate surface area is 184 Å². The Morgan fingerprint density at radius 1 is 0.677 bits per heavy atom. The summed E-state index contributed by atoms with van der Waals surface area (Å²) >= 11 is 0. The van der Waals surface area contributed by atoms with E-state index in [1.54, 1.807) is 6.08 Å². The zero-order valence-electron chi connectivity index (χ0n) is 17.7. The SMILES string of the molecule is [13CH2]=C[C@@H](OCc1ccccc1)[C@@H](O)[C@@H](COCc1ccccc1)OCc1ccccc1. The van der Waals surface area contributed by atoms with Gasteiger partial charge in [0, 0.05) is 0 Å². The number of hydrogen-bond donors (Lipinski definition) is 1. The third-order valence-electron chi connectivity index (χ3n) is 4.94. The van der Waals surface area contributed by atoms with E-state index in [0.29, 0.717) is 19.8 Å². The third kappa shape index (κ3) is 7.78. The van der Waals surface area contributed by atoms with Crippen molar-refractivity contribution in [2.75, 3.05) is 6.61 Å². The molecule has 0 unspecified atom stereocenters. The molecule has 0 fully saturated rings. The van der Waals surface area contributed by atoms with Gasteiger partial charge >= 0.3 is 0 Å². The molecule has 0 saturated heterocycles. The number of hydrogen-bond acceptors (Lipinski definition) is 4. The molecule has 31 heavy (non-hydrogen) atoms. The molecule has 0 bridgehead atoms. The molecule has 0 radical (unpaired) electrons. The summed E-state index contributed by atoms with van der Waals surface area (Å²) in [5.74, 6) is 0. The minimum atomic E-state index is -0.916. The summed E-state index contributed by atoms with van der Waals surface area (Å²) in [5, 5.41) is 11.0. The first-order valence-corrected chi connectivity index (χ1v) is 10.5. The van der Waals surface area contributed by atoms with E-state index in [0.717, 1.165) is 16.7 Å². The molecule has 3 atom stereocenters. The van der Waals surface area contributed by atoms with E-state index in [2.05, 4.69) is 6.58 Å². The second-order valence-corrected chi connectivity index (χ2v) is 7.32. The summed E-state index contributed by atoms with van der Waals surface area (Å²) in [7, 11) is 0. The smallest absolute Gasteiger partial charge is 0.112 e. The topological polar surface area (TPSA) is 47.9 Å². The Morgan fingerprint density at radius 2 is 1.13 bits per heavy atom. The lowest BCUT2D eigenvalue weighted by Crippen LogP contribution is -2.42. The molecule has 0 amide bonds. The van der Waals surface area contributed by atoms with Crippen LogP contribution in [-0.2, 0) is 34.0 Å². The van der Waals surface area contributed by atoms with Crippen molar-refractivity contribution in [2.24, 2.45) is 0 Å². The highest BCUT2D eigenvalue weighted by Crippen LogP contribution is 2.15. The van der Waals surface area contributed by atoms with Crippen LogP contribution in [0.15, 0.2) is 104 Å². The monoisotopic (exact) mass is 419 g/mol. The average molecular weight is 420 g/mol. The number of rotatable bonds is 13. The minimum Gasteiger partial charge on any atom is -0.387 e. The summed E-state index contributed by atoms with van der Waals surface area (Å²) < 4.78 is 17.9. The van der Waals surface area contributed by atoms with Gasteiger partial charge in [-0.15, -0.1) is 6.58 Å². The number of benzene rings is 3. The van der Waals surface area contributed by atoms with Crippen molar-refractivity contribution < 1.29 is 19.3 Å². The van der Waals surface area contributed by atoms with Crippen molar-refractivity contribution in [3.63, 3.8) is 0 Å². The van der Waals surface area contributed by atoms with Crippen LogP contribution in [0, 0.1) is 0 Å². The van der Waals surface area contributed by atoms with Crippen LogP contribution in [0.4, 0.5) is 0 Å². The van der Waals surface area contributed by atoms with Gasteiger partial charge < -0.3 is 19.3 Å². The van der Waals surface area contributed by atoms with Crippen LogP contribution in [0.2, 0.25) is 0 Å². The van der Waals surface area contributed by atoms with E-state index in [-0.39, 0.29) is 6.61 Å². The normalized spacial score (nSPS) is 14.0. The quantitative estimate of drug-likeness (QED) is 0.316. The highest BCUT2D eigenvalue weighted by atomic mass is 16.5. The lowest BCUT2D eigenvalue weighted by molar-refractivity contribution is -0.129. The maximum absolute atomic E-state index is 11.0.